The summed E-state index contributed by atoms with van der Waals surface area (Å²) in [6, 6.07) is 11.5. The number of rotatable bonds is 6. The minimum Gasteiger partial charge on any atom is -0.345 e. The number of fused-ring (bicyclic) bond motifs is 1. The molecule has 0 aliphatic carbocycles. The van der Waals surface area contributed by atoms with Crippen molar-refractivity contribution in [2.75, 3.05) is 21.1 Å². The van der Waals surface area contributed by atoms with E-state index in [-0.39, 0.29) is 11.8 Å². The Kier molecular flexibility index (Phi) is 6.25. The molecule has 0 atom stereocenters. The zero-order valence-corrected chi connectivity index (χ0v) is 18.6. The van der Waals surface area contributed by atoms with Gasteiger partial charge in [-0.2, -0.15) is 0 Å². The van der Waals surface area contributed by atoms with Gasteiger partial charge < -0.3 is 14.2 Å². The van der Waals surface area contributed by atoms with Gasteiger partial charge in [0.2, 0.25) is 5.91 Å². The van der Waals surface area contributed by atoms with E-state index in [0.29, 0.717) is 24.4 Å². The molecule has 0 bridgehead atoms. The van der Waals surface area contributed by atoms with E-state index >= 15 is 0 Å². The van der Waals surface area contributed by atoms with Gasteiger partial charge >= 0.3 is 0 Å². The summed E-state index contributed by atoms with van der Waals surface area (Å²) in [5, 5.41) is 0. The number of carbonyl (C=O) groups excluding carboxylic acids is 2. The third-order valence-electron chi connectivity index (χ3n) is 5.07. The molecule has 0 fully saturated rings. The lowest BCUT2D eigenvalue weighted by Crippen LogP contribution is -2.28. The smallest absolute Gasteiger partial charge is 0.253 e. The number of benzene rings is 1. The van der Waals surface area contributed by atoms with Gasteiger partial charge in [-0.25, -0.2) is 4.98 Å². The molecular weight excluding hydrogens is 376 g/mol. The quantitative estimate of drug-likeness (QED) is 0.621. The van der Waals surface area contributed by atoms with Crippen molar-refractivity contribution >= 4 is 17.5 Å². The number of imidazole rings is 1. The molecular formula is C24H30N4O2. The maximum absolute atomic E-state index is 12.6. The zero-order chi connectivity index (χ0) is 22.0. The summed E-state index contributed by atoms with van der Waals surface area (Å²) in [4.78, 5) is 32.9. The first-order chi connectivity index (χ1) is 14.2. The van der Waals surface area contributed by atoms with E-state index in [1.807, 2.05) is 70.4 Å². The monoisotopic (exact) mass is 406 g/mol. The van der Waals surface area contributed by atoms with Crippen LogP contribution in [0, 0.1) is 12.8 Å². The molecule has 0 saturated carbocycles. The number of pyridine rings is 1. The van der Waals surface area contributed by atoms with Gasteiger partial charge in [0, 0.05) is 44.9 Å². The Bertz CT molecular complexity index is 1060. The molecule has 3 aromatic rings. The summed E-state index contributed by atoms with van der Waals surface area (Å²) >= 11 is 0. The topological polar surface area (TPSA) is 57.9 Å². The predicted octanol–water partition coefficient (Wildman–Crippen LogP) is 4.02. The van der Waals surface area contributed by atoms with Crippen LogP contribution >= 0.6 is 0 Å². The molecule has 0 radical (unpaired) electrons. The molecule has 2 amide bonds. The molecule has 0 aliphatic rings. The number of carbonyl (C=O) groups is 2. The van der Waals surface area contributed by atoms with Crippen molar-refractivity contribution in [1.29, 1.82) is 0 Å². The van der Waals surface area contributed by atoms with Gasteiger partial charge in [0.15, 0.2) is 0 Å². The highest BCUT2D eigenvalue weighted by atomic mass is 16.2. The van der Waals surface area contributed by atoms with Crippen LogP contribution in [-0.2, 0) is 11.3 Å². The van der Waals surface area contributed by atoms with Crippen LogP contribution in [-0.4, -0.2) is 52.1 Å². The molecule has 6 nitrogen and oxygen atoms in total. The van der Waals surface area contributed by atoms with Gasteiger partial charge in [0.25, 0.3) is 5.91 Å². The Balaban J connectivity index is 2.03. The third kappa shape index (κ3) is 4.53. The normalized spacial score (nSPS) is 11.2. The van der Waals surface area contributed by atoms with Gasteiger partial charge in [-0.1, -0.05) is 32.0 Å². The molecule has 0 unspecified atom stereocenters. The van der Waals surface area contributed by atoms with Crippen LogP contribution in [0.5, 0.6) is 0 Å². The molecule has 0 aliphatic heterocycles. The van der Waals surface area contributed by atoms with E-state index in [9.17, 15) is 9.59 Å². The summed E-state index contributed by atoms with van der Waals surface area (Å²) < 4.78 is 2.06. The van der Waals surface area contributed by atoms with Crippen LogP contribution in [0.2, 0.25) is 0 Å². The highest BCUT2D eigenvalue weighted by Crippen LogP contribution is 2.27. The minimum atomic E-state index is -0.0357. The molecule has 0 N–H and O–H groups in total. The number of nitrogens with zero attached hydrogens (tertiary/aromatic N) is 4. The summed E-state index contributed by atoms with van der Waals surface area (Å²) in [5.74, 6) is 0.391. The lowest BCUT2D eigenvalue weighted by Gasteiger charge is -2.19. The molecule has 0 spiro atoms. The van der Waals surface area contributed by atoms with Crippen molar-refractivity contribution in [3.8, 4) is 11.3 Å². The van der Waals surface area contributed by atoms with Crippen LogP contribution in [0.25, 0.3) is 16.9 Å². The molecule has 2 heterocycles. The van der Waals surface area contributed by atoms with Crippen molar-refractivity contribution in [3.05, 3.63) is 59.4 Å². The third-order valence-corrected chi connectivity index (χ3v) is 5.07. The first kappa shape index (κ1) is 21.6. The fourth-order valence-electron chi connectivity index (χ4n) is 3.43. The average molecular weight is 407 g/mol. The van der Waals surface area contributed by atoms with E-state index < -0.39 is 0 Å². The Morgan fingerprint density at radius 1 is 1.03 bits per heavy atom. The van der Waals surface area contributed by atoms with Gasteiger partial charge in [-0.05, 0) is 36.6 Å². The lowest BCUT2D eigenvalue weighted by atomic mass is 10.1. The lowest BCUT2D eigenvalue weighted by molar-refractivity contribution is -0.131. The molecule has 6 heteroatoms. The second-order valence-electron chi connectivity index (χ2n) is 8.47. The first-order valence-corrected chi connectivity index (χ1v) is 10.2. The maximum Gasteiger partial charge on any atom is 0.253 e. The summed E-state index contributed by atoms with van der Waals surface area (Å²) in [6.45, 7) is 6.60. The van der Waals surface area contributed by atoms with Crippen molar-refractivity contribution in [2.45, 2.75) is 33.7 Å². The van der Waals surface area contributed by atoms with Gasteiger partial charge in [-0.15, -0.1) is 0 Å². The molecule has 1 aromatic carbocycles. The highest BCUT2D eigenvalue weighted by Gasteiger charge is 2.19. The highest BCUT2D eigenvalue weighted by molar-refractivity contribution is 5.94. The molecule has 3 rings (SSSR count). The second kappa shape index (κ2) is 8.69. The number of aromatic nitrogens is 2. The van der Waals surface area contributed by atoms with E-state index in [1.165, 1.54) is 0 Å². The standard InChI is InChI=1S/C24H30N4O2/c1-16(2)13-22(29)27(6)15-20-23(25-21-12-7-17(3)14-28(20)21)18-8-10-19(11-9-18)24(30)26(4)5/h7-12,14,16H,13,15H2,1-6H3. The number of hydrogen-bond acceptors (Lipinski definition) is 3. The second-order valence-corrected chi connectivity index (χ2v) is 8.47. The zero-order valence-electron chi connectivity index (χ0n) is 18.6. The SMILES string of the molecule is Cc1ccc2nc(-c3ccc(C(=O)N(C)C)cc3)c(CN(C)C(=O)CC(C)C)n2c1. The van der Waals surface area contributed by atoms with Crippen molar-refractivity contribution in [2.24, 2.45) is 5.92 Å². The Labute approximate surface area is 178 Å². The van der Waals surface area contributed by atoms with Crippen molar-refractivity contribution in [3.63, 3.8) is 0 Å². The Hall–Kier alpha value is -3.15. The summed E-state index contributed by atoms with van der Waals surface area (Å²) in [7, 11) is 5.31. The number of aryl methyl sites for hydroxylation is 1. The molecule has 0 saturated heterocycles. The molecule has 2 aromatic heterocycles. The molecule has 158 valence electrons. The Morgan fingerprint density at radius 3 is 2.30 bits per heavy atom. The van der Waals surface area contributed by atoms with Crippen molar-refractivity contribution < 1.29 is 9.59 Å². The van der Waals surface area contributed by atoms with E-state index in [1.54, 1.807) is 23.9 Å². The fourth-order valence-corrected chi connectivity index (χ4v) is 3.43. The van der Waals surface area contributed by atoms with E-state index in [4.69, 9.17) is 4.98 Å². The van der Waals surface area contributed by atoms with Crippen LogP contribution in [0.1, 0.15) is 41.9 Å². The van der Waals surface area contributed by atoms with Crippen LogP contribution in [0.4, 0.5) is 0 Å². The van der Waals surface area contributed by atoms with E-state index in [0.717, 1.165) is 28.2 Å². The van der Waals surface area contributed by atoms with Crippen LogP contribution in [0.15, 0.2) is 42.6 Å². The van der Waals surface area contributed by atoms with Gasteiger partial charge in [0.1, 0.15) is 5.65 Å². The first-order valence-electron chi connectivity index (χ1n) is 10.2. The van der Waals surface area contributed by atoms with Crippen molar-refractivity contribution in [1.82, 2.24) is 19.2 Å². The van der Waals surface area contributed by atoms with Crippen LogP contribution in [0.3, 0.4) is 0 Å². The maximum atomic E-state index is 12.6. The summed E-state index contributed by atoms with van der Waals surface area (Å²) in [5.41, 5.74) is 5.30. The molecule has 30 heavy (non-hydrogen) atoms. The van der Waals surface area contributed by atoms with Gasteiger partial charge in [0.05, 0.1) is 17.9 Å². The minimum absolute atomic E-state index is 0.0357. The van der Waals surface area contributed by atoms with Crippen LogP contribution < -0.4 is 0 Å². The van der Waals surface area contributed by atoms with E-state index in [2.05, 4.69) is 4.40 Å². The fraction of sp³-hybridized carbons (Fsp3) is 0.375. The number of amides is 2. The summed E-state index contributed by atoms with van der Waals surface area (Å²) in [6.07, 6.45) is 2.56. The average Bonchev–Trinajstić information content (AvgIpc) is 3.04. The largest absolute Gasteiger partial charge is 0.345 e. The predicted molar refractivity (Wildman–Crippen MR) is 119 cm³/mol. The van der Waals surface area contributed by atoms with Gasteiger partial charge in [-0.3, -0.25) is 9.59 Å². The number of hydrogen-bond donors (Lipinski definition) is 0. The Morgan fingerprint density at radius 2 is 1.70 bits per heavy atom.